The van der Waals surface area contributed by atoms with Gasteiger partial charge in [0.2, 0.25) is 5.91 Å². The molecular weight excluding hydrogens is 270 g/mol. The second-order valence-corrected chi connectivity index (χ2v) is 5.00. The quantitative estimate of drug-likeness (QED) is 0.862. The van der Waals surface area contributed by atoms with Crippen LogP contribution in [0, 0.1) is 0 Å². The molecule has 2 rings (SSSR count). The van der Waals surface area contributed by atoms with E-state index in [4.69, 9.17) is 9.47 Å². The number of carbonyl (C=O) groups excluding carboxylic acids is 1. The van der Waals surface area contributed by atoms with E-state index < -0.39 is 0 Å². The number of nitrogens with one attached hydrogen (secondary N) is 1. The molecule has 1 aliphatic heterocycles. The molecule has 1 amide bonds. The molecule has 0 spiro atoms. The molecule has 1 aromatic heterocycles. The van der Waals surface area contributed by atoms with E-state index in [0.29, 0.717) is 44.5 Å². The summed E-state index contributed by atoms with van der Waals surface area (Å²) in [5.74, 6) is 1.35. The Kier molecular flexibility index (Phi) is 5.80. The fourth-order valence-corrected chi connectivity index (χ4v) is 2.15. The highest BCUT2D eigenvalue weighted by Gasteiger charge is 2.23. The molecule has 6 nitrogen and oxygen atoms in total. The molecule has 1 atom stereocenters. The Morgan fingerprint density at radius 2 is 2.29 bits per heavy atom. The van der Waals surface area contributed by atoms with Crippen molar-refractivity contribution in [3.8, 4) is 5.75 Å². The molecule has 0 radical (unpaired) electrons. The van der Waals surface area contributed by atoms with Gasteiger partial charge >= 0.3 is 0 Å². The minimum Gasteiger partial charge on any atom is -0.490 e. The van der Waals surface area contributed by atoms with Crippen LogP contribution in [0.25, 0.3) is 0 Å². The third kappa shape index (κ3) is 4.32. The summed E-state index contributed by atoms with van der Waals surface area (Å²) in [5, 5.41) is 3.15. The topological polar surface area (TPSA) is 63.7 Å². The monoisotopic (exact) mass is 293 g/mol. The van der Waals surface area contributed by atoms with Gasteiger partial charge in [0.25, 0.3) is 0 Å². The zero-order valence-corrected chi connectivity index (χ0v) is 12.7. The first-order chi connectivity index (χ1) is 10.2. The second-order valence-electron chi connectivity index (χ2n) is 5.00. The van der Waals surface area contributed by atoms with Gasteiger partial charge in [-0.2, -0.15) is 0 Å². The predicted octanol–water partition coefficient (Wildman–Crippen LogP) is 1.53. The maximum atomic E-state index is 12.4. The van der Waals surface area contributed by atoms with Crippen LogP contribution in [-0.4, -0.2) is 54.7 Å². The van der Waals surface area contributed by atoms with E-state index in [-0.39, 0.29) is 11.9 Å². The molecule has 1 aromatic rings. The number of anilines is 1. The molecule has 116 valence electrons. The predicted molar refractivity (Wildman–Crippen MR) is 80.5 cm³/mol. The van der Waals surface area contributed by atoms with Crippen LogP contribution in [0.5, 0.6) is 5.75 Å². The Morgan fingerprint density at radius 1 is 1.52 bits per heavy atom. The fourth-order valence-electron chi connectivity index (χ4n) is 2.15. The van der Waals surface area contributed by atoms with Crippen LogP contribution < -0.4 is 10.1 Å². The van der Waals surface area contributed by atoms with E-state index >= 15 is 0 Å². The molecule has 6 heteroatoms. The van der Waals surface area contributed by atoms with Crippen molar-refractivity contribution in [3.63, 3.8) is 0 Å². The summed E-state index contributed by atoms with van der Waals surface area (Å²) in [7, 11) is 0. The normalized spacial score (nSPS) is 16.4. The Morgan fingerprint density at radius 3 is 3.00 bits per heavy atom. The number of rotatable bonds is 6. The first kappa shape index (κ1) is 15.6. The van der Waals surface area contributed by atoms with Gasteiger partial charge in [0.1, 0.15) is 6.04 Å². The van der Waals surface area contributed by atoms with Crippen LogP contribution in [0.2, 0.25) is 0 Å². The molecule has 0 aromatic carbocycles. The molecule has 0 aliphatic carbocycles. The molecule has 1 fully saturated rings. The van der Waals surface area contributed by atoms with Gasteiger partial charge in [-0.3, -0.25) is 4.79 Å². The zero-order chi connectivity index (χ0) is 15.1. The maximum Gasteiger partial charge on any atom is 0.244 e. The van der Waals surface area contributed by atoms with Crippen molar-refractivity contribution in [2.45, 2.75) is 26.3 Å². The van der Waals surface area contributed by atoms with Gasteiger partial charge in [-0.1, -0.05) is 6.92 Å². The summed E-state index contributed by atoms with van der Waals surface area (Å²) >= 11 is 0. The van der Waals surface area contributed by atoms with Crippen molar-refractivity contribution >= 4 is 11.7 Å². The van der Waals surface area contributed by atoms with Crippen LogP contribution in [0.15, 0.2) is 18.3 Å². The van der Waals surface area contributed by atoms with E-state index in [1.54, 1.807) is 6.20 Å². The van der Waals surface area contributed by atoms with E-state index in [0.717, 1.165) is 6.42 Å². The summed E-state index contributed by atoms with van der Waals surface area (Å²) in [4.78, 5) is 18.5. The minimum atomic E-state index is -0.345. The van der Waals surface area contributed by atoms with E-state index in [1.807, 2.05) is 30.9 Å². The highest BCUT2D eigenvalue weighted by atomic mass is 16.5. The Labute approximate surface area is 125 Å². The van der Waals surface area contributed by atoms with Crippen molar-refractivity contribution in [1.29, 1.82) is 0 Å². The van der Waals surface area contributed by atoms with Gasteiger partial charge in [-0.25, -0.2) is 4.98 Å². The number of morpholine rings is 1. The number of aromatic nitrogens is 1. The van der Waals surface area contributed by atoms with Gasteiger partial charge in [0, 0.05) is 19.3 Å². The average molecular weight is 293 g/mol. The second kappa shape index (κ2) is 7.83. The van der Waals surface area contributed by atoms with Crippen molar-refractivity contribution in [2.24, 2.45) is 0 Å². The number of carbonyl (C=O) groups is 1. The van der Waals surface area contributed by atoms with E-state index in [1.165, 1.54) is 0 Å². The summed E-state index contributed by atoms with van der Waals surface area (Å²) in [6.07, 6.45) is 2.61. The van der Waals surface area contributed by atoms with Gasteiger partial charge in [0.05, 0.1) is 19.8 Å². The molecule has 1 N–H and O–H groups in total. The summed E-state index contributed by atoms with van der Waals surface area (Å²) in [6.45, 7) is 7.02. The lowest BCUT2D eigenvalue weighted by molar-refractivity contribution is -0.135. The van der Waals surface area contributed by atoms with Crippen molar-refractivity contribution < 1.29 is 14.3 Å². The van der Waals surface area contributed by atoms with Crippen LogP contribution in [0.3, 0.4) is 0 Å². The molecule has 0 bridgehead atoms. The molecule has 21 heavy (non-hydrogen) atoms. The van der Waals surface area contributed by atoms with Gasteiger partial charge < -0.3 is 19.7 Å². The number of nitrogens with zero attached hydrogens (tertiary/aromatic N) is 2. The highest BCUT2D eigenvalue weighted by molar-refractivity contribution is 5.84. The molecule has 0 saturated carbocycles. The van der Waals surface area contributed by atoms with Crippen molar-refractivity contribution in [2.75, 3.05) is 38.2 Å². The van der Waals surface area contributed by atoms with E-state index in [2.05, 4.69) is 10.3 Å². The number of amides is 1. The lowest BCUT2D eigenvalue weighted by Crippen LogP contribution is -2.47. The first-order valence-corrected chi connectivity index (χ1v) is 7.43. The smallest absolute Gasteiger partial charge is 0.244 e. The molecule has 2 heterocycles. The Hall–Kier alpha value is -1.82. The Balaban J connectivity index is 1.98. The van der Waals surface area contributed by atoms with Crippen LogP contribution in [0.1, 0.15) is 20.3 Å². The Bertz CT molecular complexity index is 461. The minimum absolute atomic E-state index is 0.0606. The van der Waals surface area contributed by atoms with Gasteiger partial charge in [-0.05, 0) is 25.5 Å². The summed E-state index contributed by atoms with van der Waals surface area (Å²) in [5.41, 5.74) is 0. The van der Waals surface area contributed by atoms with Crippen LogP contribution in [-0.2, 0) is 9.53 Å². The number of pyridine rings is 1. The number of ether oxygens (including phenoxy) is 2. The van der Waals surface area contributed by atoms with Gasteiger partial charge in [0.15, 0.2) is 11.6 Å². The number of hydrogen-bond acceptors (Lipinski definition) is 5. The lowest BCUT2D eigenvalue weighted by atomic mass is 10.2. The maximum absolute atomic E-state index is 12.4. The largest absolute Gasteiger partial charge is 0.490 e. The van der Waals surface area contributed by atoms with Crippen LogP contribution in [0.4, 0.5) is 5.82 Å². The van der Waals surface area contributed by atoms with Crippen LogP contribution >= 0.6 is 0 Å². The molecular formula is C15H23N3O3. The van der Waals surface area contributed by atoms with Crippen molar-refractivity contribution in [3.05, 3.63) is 18.3 Å². The molecule has 1 unspecified atom stereocenters. The lowest BCUT2D eigenvalue weighted by Gasteiger charge is -2.29. The summed E-state index contributed by atoms with van der Waals surface area (Å²) < 4.78 is 10.9. The van der Waals surface area contributed by atoms with Gasteiger partial charge in [-0.15, -0.1) is 0 Å². The average Bonchev–Trinajstić information content (AvgIpc) is 2.54. The summed E-state index contributed by atoms with van der Waals surface area (Å²) in [6, 6.07) is 3.34. The SMILES string of the molecule is CCCOc1cccnc1NC(C)C(=O)N1CCOCC1. The third-order valence-corrected chi connectivity index (χ3v) is 3.28. The van der Waals surface area contributed by atoms with E-state index in [9.17, 15) is 4.79 Å². The highest BCUT2D eigenvalue weighted by Crippen LogP contribution is 2.22. The zero-order valence-electron chi connectivity index (χ0n) is 12.7. The third-order valence-electron chi connectivity index (χ3n) is 3.28. The molecule has 1 aliphatic rings. The standard InChI is InChI=1S/C15H23N3O3/c1-3-9-21-13-5-4-6-16-14(13)17-12(2)15(19)18-7-10-20-11-8-18/h4-6,12H,3,7-11H2,1-2H3,(H,16,17). The number of hydrogen-bond donors (Lipinski definition) is 1. The van der Waals surface area contributed by atoms with Crippen molar-refractivity contribution in [1.82, 2.24) is 9.88 Å². The molecule has 1 saturated heterocycles. The first-order valence-electron chi connectivity index (χ1n) is 7.43. The fraction of sp³-hybridized carbons (Fsp3) is 0.600.